The van der Waals surface area contributed by atoms with Crippen molar-refractivity contribution < 1.29 is 9.47 Å². The fourth-order valence-corrected chi connectivity index (χ4v) is 4.46. The summed E-state index contributed by atoms with van der Waals surface area (Å²) in [6.07, 6.45) is 3.05. The molecule has 3 N–H and O–H groups in total. The molecular weight excluding hydrogens is 354 g/mol. The lowest BCUT2D eigenvalue weighted by atomic mass is 9.70. The Bertz CT molecular complexity index is 844. The number of piperazine rings is 1. The zero-order valence-electron chi connectivity index (χ0n) is 16.9. The van der Waals surface area contributed by atoms with Crippen LogP contribution in [0.1, 0.15) is 36.6 Å². The SMILES string of the molecule is COc1cc(OC)cc(C2(C)CCCc3c(N4CCNCC4)nc(N)nc32)c1. The maximum Gasteiger partial charge on any atom is 0.222 e. The molecule has 4 rings (SSSR count). The van der Waals surface area contributed by atoms with Crippen LogP contribution in [0.4, 0.5) is 11.8 Å². The van der Waals surface area contributed by atoms with Gasteiger partial charge in [0.2, 0.25) is 5.95 Å². The van der Waals surface area contributed by atoms with Crippen molar-refractivity contribution in [1.82, 2.24) is 15.3 Å². The van der Waals surface area contributed by atoms with Gasteiger partial charge in [0.25, 0.3) is 0 Å². The van der Waals surface area contributed by atoms with Crippen LogP contribution >= 0.6 is 0 Å². The number of nitrogens with two attached hydrogens (primary N) is 1. The Morgan fingerprint density at radius 2 is 1.75 bits per heavy atom. The monoisotopic (exact) mass is 383 g/mol. The van der Waals surface area contributed by atoms with Crippen LogP contribution in [0.15, 0.2) is 18.2 Å². The minimum Gasteiger partial charge on any atom is -0.497 e. The molecule has 1 saturated heterocycles. The summed E-state index contributed by atoms with van der Waals surface area (Å²) >= 11 is 0. The number of rotatable bonds is 4. The normalized spacial score (nSPS) is 21.9. The molecule has 1 aromatic carbocycles. The molecule has 1 aromatic heterocycles. The average molecular weight is 383 g/mol. The van der Waals surface area contributed by atoms with Gasteiger partial charge in [-0.1, -0.05) is 0 Å². The second-order valence-corrected chi connectivity index (χ2v) is 7.76. The second kappa shape index (κ2) is 7.47. The van der Waals surface area contributed by atoms with Crippen molar-refractivity contribution >= 4 is 11.8 Å². The molecule has 1 atom stereocenters. The summed E-state index contributed by atoms with van der Waals surface area (Å²) in [6, 6.07) is 6.07. The molecule has 150 valence electrons. The Kier molecular flexibility index (Phi) is 5.02. The molecule has 28 heavy (non-hydrogen) atoms. The van der Waals surface area contributed by atoms with Gasteiger partial charge in [0, 0.05) is 43.2 Å². The number of nitrogens with one attached hydrogen (secondary N) is 1. The van der Waals surface area contributed by atoms with E-state index in [4.69, 9.17) is 20.2 Å². The van der Waals surface area contributed by atoms with E-state index in [0.717, 1.165) is 74.0 Å². The lowest BCUT2D eigenvalue weighted by Gasteiger charge is -2.38. The van der Waals surface area contributed by atoms with Crippen molar-refractivity contribution in [2.45, 2.75) is 31.6 Å². The van der Waals surface area contributed by atoms with Gasteiger partial charge < -0.3 is 25.4 Å². The van der Waals surface area contributed by atoms with E-state index in [9.17, 15) is 0 Å². The molecule has 0 amide bonds. The zero-order chi connectivity index (χ0) is 19.7. The first kappa shape index (κ1) is 18.8. The summed E-state index contributed by atoms with van der Waals surface area (Å²) in [5.74, 6) is 2.92. The molecule has 1 fully saturated rings. The largest absolute Gasteiger partial charge is 0.497 e. The quantitative estimate of drug-likeness (QED) is 0.836. The Labute approximate surface area is 166 Å². The van der Waals surface area contributed by atoms with Gasteiger partial charge in [-0.25, -0.2) is 4.98 Å². The van der Waals surface area contributed by atoms with E-state index in [-0.39, 0.29) is 5.41 Å². The molecule has 7 nitrogen and oxygen atoms in total. The average Bonchev–Trinajstić information content (AvgIpc) is 2.74. The number of aromatic nitrogens is 2. The molecule has 0 radical (unpaired) electrons. The van der Waals surface area contributed by atoms with Gasteiger partial charge in [-0.05, 0) is 43.9 Å². The topological polar surface area (TPSA) is 85.5 Å². The van der Waals surface area contributed by atoms with Crippen LogP contribution in [0.2, 0.25) is 0 Å². The van der Waals surface area contributed by atoms with Gasteiger partial charge >= 0.3 is 0 Å². The second-order valence-electron chi connectivity index (χ2n) is 7.76. The molecule has 1 unspecified atom stereocenters. The lowest BCUT2D eigenvalue weighted by molar-refractivity contribution is 0.387. The van der Waals surface area contributed by atoms with E-state index in [1.807, 2.05) is 6.07 Å². The van der Waals surface area contributed by atoms with E-state index >= 15 is 0 Å². The van der Waals surface area contributed by atoms with E-state index < -0.39 is 0 Å². The Morgan fingerprint density at radius 1 is 1.07 bits per heavy atom. The number of hydrogen-bond acceptors (Lipinski definition) is 7. The van der Waals surface area contributed by atoms with Gasteiger partial charge in [0.15, 0.2) is 0 Å². The fraction of sp³-hybridized carbons (Fsp3) is 0.524. The highest BCUT2D eigenvalue weighted by Gasteiger charge is 2.38. The van der Waals surface area contributed by atoms with Crippen LogP contribution in [0.3, 0.4) is 0 Å². The van der Waals surface area contributed by atoms with E-state index in [1.165, 1.54) is 5.56 Å². The molecule has 0 saturated carbocycles. The highest BCUT2D eigenvalue weighted by atomic mass is 16.5. The van der Waals surface area contributed by atoms with Crippen molar-refractivity contribution in [2.75, 3.05) is 51.0 Å². The van der Waals surface area contributed by atoms with Crippen LogP contribution < -0.4 is 25.4 Å². The Morgan fingerprint density at radius 3 is 2.39 bits per heavy atom. The van der Waals surface area contributed by atoms with E-state index in [0.29, 0.717) is 5.95 Å². The summed E-state index contributed by atoms with van der Waals surface area (Å²) < 4.78 is 11.0. The summed E-state index contributed by atoms with van der Waals surface area (Å²) in [5.41, 5.74) is 9.32. The number of ether oxygens (including phenoxy) is 2. The fourth-order valence-electron chi connectivity index (χ4n) is 4.46. The van der Waals surface area contributed by atoms with Crippen LogP contribution in [0.5, 0.6) is 11.5 Å². The number of anilines is 2. The third kappa shape index (κ3) is 3.24. The summed E-state index contributed by atoms with van der Waals surface area (Å²) in [4.78, 5) is 11.7. The Hall–Kier alpha value is -2.54. The number of nitrogens with zero attached hydrogens (tertiary/aromatic N) is 3. The molecule has 1 aliphatic heterocycles. The maximum absolute atomic E-state index is 6.19. The molecule has 7 heteroatoms. The zero-order valence-corrected chi connectivity index (χ0v) is 16.9. The lowest BCUT2D eigenvalue weighted by Crippen LogP contribution is -2.45. The predicted octanol–water partition coefficient (Wildman–Crippen LogP) is 2.13. The van der Waals surface area contributed by atoms with E-state index in [1.54, 1.807) is 14.2 Å². The van der Waals surface area contributed by atoms with Crippen LogP contribution in [-0.4, -0.2) is 50.4 Å². The molecule has 2 heterocycles. The van der Waals surface area contributed by atoms with Crippen molar-refractivity contribution in [1.29, 1.82) is 0 Å². The summed E-state index contributed by atoms with van der Waals surface area (Å²) in [5, 5.41) is 3.40. The molecule has 2 aromatic rings. The summed E-state index contributed by atoms with van der Waals surface area (Å²) in [6.45, 7) is 6.04. The number of hydrogen-bond donors (Lipinski definition) is 2. The Balaban J connectivity index is 1.85. The van der Waals surface area contributed by atoms with Gasteiger partial charge in [-0.2, -0.15) is 4.98 Å². The smallest absolute Gasteiger partial charge is 0.222 e. The molecule has 0 spiro atoms. The van der Waals surface area contributed by atoms with Crippen LogP contribution in [0, 0.1) is 0 Å². The van der Waals surface area contributed by atoms with Crippen LogP contribution in [-0.2, 0) is 11.8 Å². The van der Waals surface area contributed by atoms with E-state index in [2.05, 4.69) is 34.3 Å². The molecule has 2 aliphatic rings. The maximum atomic E-state index is 6.19. The van der Waals surface area contributed by atoms with Gasteiger partial charge in [0.1, 0.15) is 17.3 Å². The number of nitrogen functional groups attached to an aromatic ring is 1. The van der Waals surface area contributed by atoms with Gasteiger partial charge in [-0.15, -0.1) is 0 Å². The minimum absolute atomic E-state index is 0.269. The molecular formula is C21H29N5O2. The third-order valence-corrected chi connectivity index (χ3v) is 6.03. The van der Waals surface area contributed by atoms with Crippen molar-refractivity contribution in [3.8, 4) is 11.5 Å². The minimum atomic E-state index is -0.269. The van der Waals surface area contributed by atoms with Crippen molar-refractivity contribution in [3.63, 3.8) is 0 Å². The van der Waals surface area contributed by atoms with Gasteiger partial charge in [-0.3, -0.25) is 0 Å². The van der Waals surface area contributed by atoms with Crippen molar-refractivity contribution in [3.05, 3.63) is 35.0 Å². The number of fused-ring (bicyclic) bond motifs is 1. The third-order valence-electron chi connectivity index (χ3n) is 6.03. The first-order valence-corrected chi connectivity index (χ1v) is 9.91. The summed E-state index contributed by atoms with van der Waals surface area (Å²) in [7, 11) is 3.36. The first-order chi connectivity index (χ1) is 13.5. The standard InChI is InChI=1S/C21H29N5O2/c1-21(14-11-15(27-2)13-16(12-14)28-3)6-4-5-17-18(21)24-20(22)25-19(17)26-9-7-23-8-10-26/h11-13,23H,4-10H2,1-3H3,(H2,22,24,25). The number of benzene rings is 1. The molecule has 0 bridgehead atoms. The van der Waals surface area contributed by atoms with Crippen LogP contribution in [0.25, 0.3) is 0 Å². The van der Waals surface area contributed by atoms with Crippen molar-refractivity contribution in [2.24, 2.45) is 0 Å². The predicted molar refractivity (Wildman–Crippen MR) is 110 cm³/mol. The van der Waals surface area contributed by atoms with Gasteiger partial charge in [0.05, 0.1) is 19.9 Å². The molecule has 1 aliphatic carbocycles. The highest BCUT2D eigenvalue weighted by molar-refractivity contribution is 5.58. The first-order valence-electron chi connectivity index (χ1n) is 9.91. The highest BCUT2D eigenvalue weighted by Crippen LogP contribution is 2.45. The number of methoxy groups -OCH3 is 2.